The second-order valence-corrected chi connectivity index (χ2v) is 3.96. The van der Waals surface area contributed by atoms with Gasteiger partial charge in [0, 0.05) is 12.8 Å². The molecule has 0 amide bonds. The highest BCUT2D eigenvalue weighted by Gasteiger charge is 2.23. The van der Waals surface area contributed by atoms with E-state index in [0.717, 1.165) is 12.2 Å². The van der Waals surface area contributed by atoms with Gasteiger partial charge in [0.15, 0.2) is 0 Å². The molecule has 1 aromatic rings. The maximum atomic E-state index is 10.9. The number of benzene rings is 1. The SMILES string of the molecule is CC(=O)CC1Cc2ccc(C)cc2O1. The summed E-state index contributed by atoms with van der Waals surface area (Å²) in [5.74, 6) is 1.15. The van der Waals surface area contributed by atoms with Crippen LogP contribution in [0, 0.1) is 6.92 Å². The summed E-state index contributed by atoms with van der Waals surface area (Å²) in [5, 5.41) is 0. The molecule has 1 aliphatic heterocycles. The lowest BCUT2D eigenvalue weighted by Gasteiger charge is -2.07. The summed E-state index contributed by atoms with van der Waals surface area (Å²) < 4.78 is 5.68. The summed E-state index contributed by atoms with van der Waals surface area (Å²) in [7, 11) is 0. The number of hydrogen-bond acceptors (Lipinski definition) is 2. The average Bonchev–Trinajstić information content (AvgIpc) is 2.44. The van der Waals surface area contributed by atoms with Crippen molar-refractivity contribution in [3.63, 3.8) is 0 Å². The third-order valence-corrected chi connectivity index (χ3v) is 2.48. The van der Waals surface area contributed by atoms with Gasteiger partial charge in [-0.15, -0.1) is 0 Å². The Balaban J connectivity index is 2.14. The number of rotatable bonds is 2. The zero-order valence-electron chi connectivity index (χ0n) is 8.54. The molecule has 2 heteroatoms. The van der Waals surface area contributed by atoms with Crippen molar-refractivity contribution in [1.29, 1.82) is 0 Å². The quantitative estimate of drug-likeness (QED) is 0.715. The molecule has 0 aromatic heterocycles. The lowest BCUT2D eigenvalue weighted by molar-refractivity contribution is -0.118. The summed E-state index contributed by atoms with van der Waals surface area (Å²) in [6.07, 6.45) is 1.45. The molecule has 0 saturated heterocycles. The third-order valence-electron chi connectivity index (χ3n) is 2.48. The van der Waals surface area contributed by atoms with E-state index in [1.54, 1.807) is 6.92 Å². The molecule has 1 unspecified atom stereocenters. The molecule has 0 saturated carbocycles. The van der Waals surface area contributed by atoms with Crippen LogP contribution in [0.3, 0.4) is 0 Å². The molecule has 2 nitrogen and oxygen atoms in total. The van der Waals surface area contributed by atoms with Crippen molar-refractivity contribution in [2.45, 2.75) is 32.8 Å². The van der Waals surface area contributed by atoms with E-state index in [9.17, 15) is 4.79 Å². The van der Waals surface area contributed by atoms with Gasteiger partial charge in [0.25, 0.3) is 0 Å². The van der Waals surface area contributed by atoms with Gasteiger partial charge in [0.2, 0.25) is 0 Å². The molecular weight excluding hydrogens is 176 g/mol. The van der Waals surface area contributed by atoms with Crippen molar-refractivity contribution in [3.8, 4) is 5.75 Å². The molecule has 14 heavy (non-hydrogen) atoms. The van der Waals surface area contributed by atoms with Crippen molar-refractivity contribution in [2.75, 3.05) is 0 Å². The van der Waals surface area contributed by atoms with Gasteiger partial charge in [-0.25, -0.2) is 0 Å². The predicted octanol–water partition coefficient (Wildman–Crippen LogP) is 2.28. The van der Waals surface area contributed by atoms with Crippen LogP contribution in [0.4, 0.5) is 0 Å². The second kappa shape index (κ2) is 3.45. The number of ketones is 1. The second-order valence-electron chi connectivity index (χ2n) is 3.96. The van der Waals surface area contributed by atoms with Gasteiger partial charge >= 0.3 is 0 Å². The first-order chi connectivity index (χ1) is 6.65. The number of aryl methyl sites for hydroxylation is 1. The molecule has 0 spiro atoms. The minimum atomic E-state index is 0.0595. The number of fused-ring (bicyclic) bond motifs is 1. The van der Waals surface area contributed by atoms with E-state index in [1.165, 1.54) is 11.1 Å². The highest BCUT2D eigenvalue weighted by molar-refractivity contribution is 5.76. The molecule has 1 aromatic carbocycles. The molecule has 1 heterocycles. The van der Waals surface area contributed by atoms with E-state index in [1.807, 2.05) is 13.0 Å². The highest BCUT2D eigenvalue weighted by Crippen LogP contribution is 2.30. The smallest absolute Gasteiger partial charge is 0.133 e. The largest absolute Gasteiger partial charge is 0.489 e. The standard InChI is InChI=1S/C12H14O2/c1-8-3-4-10-7-11(6-9(2)13)14-12(10)5-8/h3-5,11H,6-7H2,1-2H3. The Morgan fingerprint density at radius 2 is 2.36 bits per heavy atom. The maximum Gasteiger partial charge on any atom is 0.133 e. The fourth-order valence-corrected chi connectivity index (χ4v) is 1.84. The van der Waals surface area contributed by atoms with Crippen molar-refractivity contribution in [2.24, 2.45) is 0 Å². The average molecular weight is 190 g/mol. The van der Waals surface area contributed by atoms with Gasteiger partial charge < -0.3 is 4.74 Å². The molecular formula is C12H14O2. The lowest BCUT2D eigenvalue weighted by atomic mass is 10.1. The third kappa shape index (κ3) is 1.79. The minimum absolute atomic E-state index is 0.0595. The summed E-state index contributed by atoms with van der Waals surface area (Å²) >= 11 is 0. The molecule has 0 aliphatic carbocycles. The van der Waals surface area contributed by atoms with Gasteiger partial charge in [-0.3, -0.25) is 4.79 Å². The number of ether oxygens (including phenoxy) is 1. The molecule has 74 valence electrons. The fraction of sp³-hybridized carbons (Fsp3) is 0.417. The van der Waals surface area contributed by atoms with E-state index in [0.29, 0.717) is 6.42 Å². The number of carbonyl (C=O) groups is 1. The highest BCUT2D eigenvalue weighted by atomic mass is 16.5. The Morgan fingerprint density at radius 3 is 3.07 bits per heavy atom. The van der Waals surface area contributed by atoms with Gasteiger partial charge in [0.05, 0.1) is 0 Å². The number of carbonyl (C=O) groups excluding carboxylic acids is 1. The van der Waals surface area contributed by atoms with Crippen LogP contribution >= 0.6 is 0 Å². The van der Waals surface area contributed by atoms with Crippen molar-refractivity contribution in [1.82, 2.24) is 0 Å². The summed E-state index contributed by atoms with van der Waals surface area (Å²) in [5.41, 5.74) is 2.43. The van der Waals surface area contributed by atoms with Crippen LogP contribution in [0.2, 0.25) is 0 Å². The van der Waals surface area contributed by atoms with Crippen molar-refractivity contribution < 1.29 is 9.53 Å². The van der Waals surface area contributed by atoms with Crippen LogP contribution < -0.4 is 4.74 Å². The Morgan fingerprint density at radius 1 is 1.57 bits per heavy atom. The van der Waals surface area contributed by atoms with Crippen LogP contribution in [-0.2, 0) is 11.2 Å². The van der Waals surface area contributed by atoms with Crippen molar-refractivity contribution >= 4 is 5.78 Å². The van der Waals surface area contributed by atoms with E-state index in [2.05, 4.69) is 12.1 Å². The minimum Gasteiger partial charge on any atom is -0.489 e. The predicted molar refractivity (Wildman–Crippen MR) is 54.6 cm³/mol. The van der Waals surface area contributed by atoms with E-state index < -0.39 is 0 Å². The number of hydrogen-bond donors (Lipinski definition) is 0. The van der Waals surface area contributed by atoms with Gasteiger partial charge in [-0.2, -0.15) is 0 Å². The van der Waals surface area contributed by atoms with E-state index in [4.69, 9.17) is 4.74 Å². The normalized spacial score (nSPS) is 18.9. The Bertz CT molecular complexity index is 369. The van der Waals surface area contributed by atoms with Crippen LogP contribution in [0.5, 0.6) is 5.75 Å². The zero-order valence-corrected chi connectivity index (χ0v) is 8.54. The number of Topliss-reactive ketones (excluding diaryl/α,β-unsaturated/α-hetero) is 1. The first-order valence-corrected chi connectivity index (χ1v) is 4.91. The summed E-state index contributed by atoms with van der Waals surface area (Å²) in [6, 6.07) is 6.21. The molecule has 0 radical (unpaired) electrons. The molecule has 1 aliphatic rings. The van der Waals surface area contributed by atoms with Gasteiger partial charge in [-0.1, -0.05) is 12.1 Å². The van der Waals surface area contributed by atoms with E-state index in [-0.39, 0.29) is 11.9 Å². The van der Waals surface area contributed by atoms with Gasteiger partial charge in [0.1, 0.15) is 17.6 Å². The Labute approximate surface area is 83.9 Å². The zero-order chi connectivity index (χ0) is 10.1. The van der Waals surface area contributed by atoms with Crippen molar-refractivity contribution in [3.05, 3.63) is 29.3 Å². The Hall–Kier alpha value is -1.31. The molecule has 0 N–H and O–H groups in total. The molecule has 0 bridgehead atoms. The maximum absolute atomic E-state index is 10.9. The van der Waals surface area contributed by atoms with Crippen LogP contribution in [-0.4, -0.2) is 11.9 Å². The Kier molecular flexibility index (Phi) is 2.28. The topological polar surface area (TPSA) is 26.3 Å². The fourth-order valence-electron chi connectivity index (χ4n) is 1.84. The lowest BCUT2D eigenvalue weighted by Crippen LogP contribution is -2.16. The summed E-state index contributed by atoms with van der Waals surface area (Å²) in [4.78, 5) is 10.9. The van der Waals surface area contributed by atoms with Gasteiger partial charge in [-0.05, 0) is 31.0 Å². The first kappa shape index (κ1) is 9.25. The van der Waals surface area contributed by atoms with Crippen LogP contribution in [0.1, 0.15) is 24.5 Å². The monoisotopic (exact) mass is 190 g/mol. The molecule has 0 fully saturated rings. The van der Waals surface area contributed by atoms with Crippen LogP contribution in [0.15, 0.2) is 18.2 Å². The summed E-state index contributed by atoms with van der Waals surface area (Å²) in [6.45, 7) is 3.65. The van der Waals surface area contributed by atoms with E-state index >= 15 is 0 Å². The molecule has 2 rings (SSSR count). The van der Waals surface area contributed by atoms with Crippen LogP contribution in [0.25, 0.3) is 0 Å². The first-order valence-electron chi connectivity index (χ1n) is 4.91. The molecule has 1 atom stereocenters.